The van der Waals surface area contributed by atoms with Crippen LogP contribution in [0.25, 0.3) is 0 Å². The van der Waals surface area contributed by atoms with Crippen molar-refractivity contribution in [3.05, 3.63) is 35.4 Å². The van der Waals surface area contributed by atoms with Crippen molar-refractivity contribution in [2.45, 2.75) is 19.5 Å². The van der Waals surface area contributed by atoms with Crippen LogP contribution in [-0.4, -0.2) is 23.3 Å². The SMILES string of the molecule is CC(CBr)N(C)Cc1ccc(F)cc1F. The maximum absolute atomic E-state index is 13.3. The van der Waals surface area contributed by atoms with E-state index in [4.69, 9.17) is 0 Å². The Labute approximate surface area is 97.2 Å². The zero-order chi connectivity index (χ0) is 11.4. The molecule has 0 aromatic heterocycles. The molecule has 1 aromatic rings. The first-order chi connectivity index (χ1) is 7.04. The minimum atomic E-state index is -0.535. The van der Waals surface area contributed by atoms with E-state index in [9.17, 15) is 8.78 Å². The van der Waals surface area contributed by atoms with E-state index >= 15 is 0 Å². The minimum absolute atomic E-state index is 0.314. The molecule has 4 heteroatoms. The molecule has 0 aliphatic rings. The van der Waals surface area contributed by atoms with Crippen LogP contribution in [0.3, 0.4) is 0 Å². The van der Waals surface area contributed by atoms with Crippen molar-refractivity contribution >= 4 is 15.9 Å². The Morgan fingerprint density at radius 3 is 2.60 bits per heavy atom. The topological polar surface area (TPSA) is 3.24 Å². The van der Waals surface area contributed by atoms with Crippen molar-refractivity contribution in [1.29, 1.82) is 0 Å². The van der Waals surface area contributed by atoms with Gasteiger partial charge >= 0.3 is 0 Å². The summed E-state index contributed by atoms with van der Waals surface area (Å²) >= 11 is 3.36. The van der Waals surface area contributed by atoms with Crippen LogP contribution >= 0.6 is 15.9 Å². The summed E-state index contributed by atoms with van der Waals surface area (Å²) < 4.78 is 25.9. The molecule has 0 fully saturated rings. The predicted octanol–water partition coefficient (Wildman–Crippen LogP) is 3.18. The van der Waals surface area contributed by atoms with Crippen LogP contribution < -0.4 is 0 Å². The molecule has 0 saturated heterocycles. The third kappa shape index (κ3) is 3.54. The van der Waals surface area contributed by atoms with E-state index in [1.165, 1.54) is 12.1 Å². The van der Waals surface area contributed by atoms with E-state index in [1.807, 2.05) is 18.9 Å². The second-order valence-corrected chi connectivity index (χ2v) is 4.30. The quantitative estimate of drug-likeness (QED) is 0.765. The number of rotatable bonds is 4. The largest absolute Gasteiger partial charge is 0.299 e. The summed E-state index contributed by atoms with van der Waals surface area (Å²) in [6, 6.07) is 4.00. The van der Waals surface area contributed by atoms with Gasteiger partial charge < -0.3 is 0 Å². The third-order valence-electron chi connectivity index (χ3n) is 2.41. The normalized spacial score (nSPS) is 13.2. The first-order valence-corrected chi connectivity index (χ1v) is 5.87. The maximum atomic E-state index is 13.3. The van der Waals surface area contributed by atoms with Gasteiger partial charge in [-0.15, -0.1) is 0 Å². The average molecular weight is 278 g/mol. The molecule has 0 heterocycles. The Bertz CT molecular complexity index is 330. The highest BCUT2D eigenvalue weighted by atomic mass is 79.9. The van der Waals surface area contributed by atoms with Crippen LogP contribution in [0.1, 0.15) is 12.5 Å². The molecule has 0 amide bonds. The minimum Gasteiger partial charge on any atom is -0.299 e. The molecule has 0 radical (unpaired) electrons. The molecule has 0 saturated carbocycles. The van der Waals surface area contributed by atoms with Crippen molar-refractivity contribution in [2.75, 3.05) is 12.4 Å². The van der Waals surface area contributed by atoms with Gasteiger partial charge in [-0.3, -0.25) is 4.90 Å². The number of benzene rings is 1. The standard InChI is InChI=1S/C11H14BrF2N/c1-8(6-12)15(2)7-9-3-4-10(13)5-11(9)14/h3-5,8H,6-7H2,1-2H3. The Balaban J connectivity index is 2.72. The van der Waals surface area contributed by atoms with E-state index in [0.717, 1.165) is 11.4 Å². The maximum Gasteiger partial charge on any atom is 0.130 e. The van der Waals surface area contributed by atoms with Crippen molar-refractivity contribution < 1.29 is 8.78 Å². The first-order valence-electron chi connectivity index (χ1n) is 4.74. The first kappa shape index (κ1) is 12.6. The van der Waals surface area contributed by atoms with Gasteiger partial charge in [0.2, 0.25) is 0 Å². The Kier molecular flexibility index (Phi) is 4.67. The van der Waals surface area contributed by atoms with Gasteiger partial charge in [0.15, 0.2) is 0 Å². The molecule has 1 aromatic carbocycles. The Morgan fingerprint density at radius 1 is 1.40 bits per heavy atom. The van der Waals surface area contributed by atoms with Crippen LogP contribution in [-0.2, 0) is 6.54 Å². The van der Waals surface area contributed by atoms with Gasteiger partial charge in [-0.1, -0.05) is 22.0 Å². The highest BCUT2D eigenvalue weighted by Gasteiger charge is 2.11. The molecule has 84 valence electrons. The second kappa shape index (κ2) is 5.56. The van der Waals surface area contributed by atoms with E-state index in [-0.39, 0.29) is 0 Å². The van der Waals surface area contributed by atoms with Crippen molar-refractivity contribution in [3.8, 4) is 0 Å². The number of nitrogens with zero attached hydrogens (tertiary/aromatic N) is 1. The molecule has 0 aliphatic carbocycles. The fourth-order valence-corrected chi connectivity index (χ4v) is 1.69. The van der Waals surface area contributed by atoms with Crippen LogP contribution in [0.2, 0.25) is 0 Å². The lowest BCUT2D eigenvalue weighted by Crippen LogP contribution is -2.30. The molecule has 0 spiro atoms. The number of alkyl halides is 1. The van der Waals surface area contributed by atoms with Crippen molar-refractivity contribution in [2.24, 2.45) is 0 Å². The van der Waals surface area contributed by atoms with Crippen molar-refractivity contribution in [1.82, 2.24) is 4.90 Å². The summed E-state index contributed by atoms with van der Waals surface area (Å²) in [5.41, 5.74) is 0.520. The zero-order valence-electron chi connectivity index (χ0n) is 8.80. The molecule has 0 N–H and O–H groups in total. The van der Waals surface area contributed by atoms with Crippen LogP contribution in [0, 0.1) is 11.6 Å². The number of hydrogen-bond acceptors (Lipinski definition) is 1. The Morgan fingerprint density at radius 2 is 2.07 bits per heavy atom. The average Bonchev–Trinajstić information content (AvgIpc) is 2.20. The zero-order valence-corrected chi connectivity index (χ0v) is 10.4. The van der Waals surface area contributed by atoms with E-state index in [2.05, 4.69) is 15.9 Å². The van der Waals surface area contributed by atoms with Gasteiger partial charge in [0, 0.05) is 29.5 Å². The molecule has 1 unspecified atom stereocenters. The van der Waals surface area contributed by atoms with E-state index in [0.29, 0.717) is 18.2 Å². The van der Waals surface area contributed by atoms with E-state index in [1.54, 1.807) is 0 Å². The highest BCUT2D eigenvalue weighted by Crippen LogP contribution is 2.13. The fraction of sp³-hybridized carbons (Fsp3) is 0.455. The molecular formula is C11H14BrF2N. The third-order valence-corrected chi connectivity index (χ3v) is 3.35. The van der Waals surface area contributed by atoms with Gasteiger partial charge in [0.1, 0.15) is 11.6 Å². The number of halogens is 3. The monoisotopic (exact) mass is 277 g/mol. The smallest absolute Gasteiger partial charge is 0.130 e. The molecule has 1 atom stereocenters. The van der Waals surface area contributed by atoms with Gasteiger partial charge in [0.05, 0.1) is 0 Å². The van der Waals surface area contributed by atoms with E-state index < -0.39 is 11.6 Å². The summed E-state index contributed by atoms with van der Waals surface area (Å²) in [7, 11) is 1.91. The Hall–Kier alpha value is -0.480. The summed E-state index contributed by atoms with van der Waals surface area (Å²) in [6.07, 6.45) is 0. The molecular weight excluding hydrogens is 264 g/mol. The second-order valence-electron chi connectivity index (χ2n) is 3.65. The van der Waals surface area contributed by atoms with Gasteiger partial charge in [-0.25, -0.2) is 8.78 Å². The summed E-state index contributed by atoms with van der Waals surface area (Å²) in [5, 5.41) is 0.826. The predicted molar refractivity (Wildman–Crippen MR) is 61.1 cm³/mol. The molecule has 1 rings (SSSR count). The molecule has 0 aliphatic heterocycles. The summed E-state index contributed by atoms with van der Waals surface area (Å²) in [6.45, 7) is 2.52. The highest BCUT2D eigenvalue weighted by molar-refractivity contribution is 9.09. The lowest BCUT2D eigenvalue weighted by atomic mass is 10.2. The van der Waals surface area contributed by atoms with Gasteiger partial charge in [0.25, 0.3) is 0 Å². The molecule has 15 heavy (non-hydrogen) atoms. The number of hydrogen-bond donors (Lipinski definition) is 0. The van der Waals surface area contributed by atoms with Crippen LogP contribution in [0.5, 0.6) is 0 Å². The van der Waals surface area contributed by atoms with Crippen LogP contribution in [0.15, 0.2) is 18.2 Å². The van der Waals surface area contributed by atoms with Gasteiger partial charge in [-0.2, -0.15) is 0 Å². The molecule has 1 nitrogen and oxygen atoms in total. The lowest BCUT2D eigenvalue weighted by Gasteiger charge is -2.22. The van der Waals surface area contributed by atoms with Gasteiger partial charge in [-0.05, 0) is 20.0 Å². The lowest BCUT2D eigenvalue weighted by molar-refractivity contribution is 0.266. The fourth-order valence-electron chi connectivity index (χ4n) is 1.19. The molecule has 0 bridgehead atoms. The van der Waals surface area contributed by atoms with Crippen molar-refractivity contribution in [3.63, 3.8) is 0 Å². The van der Waals surface area contributed by atoms with Crippen LogP contribution in [0.4, 0.5) is 8.78 Å². The summed E-state index contributed by atoms with van der Waals surface area (Å²) in [4.78, 5) is 2.01. The summed E-state index contributed by atoms with van der Waals surface area (Å²) in [5.74, 6) is -1.02.